The summed E-state index contributed by atoms with van der Waals surface area (Å²) in [6.07, 6.45) is 10.5. The van der Waals surface area contributed by atoms with Gasteiger partial charge < -0.3 is 9.14 Å². The number of rotatable bonds is 9. The van der Waals surface area contributed by atoms with Crippen LogP contribution in [0.25, 0.3) is 11.3 Å². The van der Waals surface area contributed by atoms with Crippen LogP contribution in [0.3, 0.4) is 0 Å². The fourth-order valence-corrected chi connectivity index (χ4v) is 5.05. The highest BCUT2D eigenvalue weighted by atomic mass is 32.2. The third-order valence-electron chi connectivity index (χ3n) is 6.23. The van der Waals surface area contributed by atoms with Crippen molar-refractivity contribution in [1.29, 1.82) is 0 Å². The van der Waals surface area contributed by atoms with Crippen LogP contribution in [0.4, 0.5) is 4.39 Å². The van der Waals surface area contributed by atoms with Gasteiger partial charge in [-0.1, -0.05) is 11.3 Å². The molecular formula is C23H22FN9O3S. The number of imidazole rings is 1. The molecule has 1 saturated carbocycles. The molecule has 4 aromatic heterocycles. The number of ether oxygens (including phenoxy) is 1. The van der Waals surface area contributed by atoms with Gasteiger partial charge in [0.15, 0.2) is 11.6 Å². The zero-order valence-electron chi connectivity index (χ0n) is 19.7. The Kier molecular flexibility index (Phi) is 5.68. The van der Waals surface area contributed by atoms with Crippen molar-refractivity contribution in [2.75, 3.05) is 7.11 Å². The third-order valence-corrected chi connectivity index (χ3v) is 7.49. The largest absolute Gasteiger partial charge is 0.494 e. The summed E-state index contributed by atoms with van der Waals surface area (Å²) >= 11 is 0. The molecule has 12 nitrogen and oxygen atoms in total. The minimum atomic E-state index is -4.10. The molecule has 1 aromatic carbocycles. The molecule has 1 aliphatic carbocycles. The van der Waals surface area contributed by atoms with Crippen LogP contribution in [0.1, 0.15) is 35.6 Å². The van der Waals surface area contributed by atoms with E-state index in [0.29, 0.717) is 17.3 Å². The number of fused-ring (bicyclic) bond motifs is 1. The lowest BCUT2D eigenvalue weighted by atomic mass is 10.1. The SMILES string of the molecule is COc1ccc(-n2cnnc2)c(CNS(=O)(=O)c2cn(Cc3cn4cc(C5CC5)ccc4n3)nn2)c1F. The molecule has 4 heterocycles. The summed E-state index contributed by atoms with van der Waals surface area (Å²) in [4.78, 5) is 4.58. The first-order valence-electron chi connectivity index (χ1n) is 11.5. The van der Waals surface area contributed by atoms with Crippen LogP contribution in [-0.4, -0.2) is 54.7 Å². The number of methoxy groups -OCH3 is 1. The van der Waals surface area contributed by atoms with Crippen molar-refractivity contribution in [2.24, 2.45) is 0 Å². The van der Waals surface area contributed by atoms with Gasteiger partial charge in [-0.05, 0) is 42.5 Å². The first-order chi connectivity index (χ1) is 17.9. The number of hydrogen-bond donors (Lipinski definition) is 1. The maximum atomic E-state index is 15.1. The van der Waals surface area contributed by atoms with Gasteiger partial charge in [0.2, 0.25) is 5.03 Å². The van der Waals surface area contributed by atoms with Crippen LogP contribution >= 0.6 is 0 Å². The van der Waals surface area contributed by atoms with Crippen molar-refractivity contribution in [1.82, 2.24) is 43.9 Å². The highest BCUT2D eigenvalue weighted by molar-refractivity contribution is 7.89. The minimum absolute atomic E-state index is 0.0197. The standard InChI is InChI=1S/C23H22FN9O3S/c1-36-20-6-5-19(32-13-25-26-14-32)18(23(20)24)8-27-37(34,35)22-12-33(30-29-22)11-17-10-31-9-16(15-2-3-15)4-7-21(31)28-17/h4-7,9-10,12-15,27H,2-3,8,11H2,1H3. The van der Waals surface area contributed by atoms with Crippen molar-refractivity contribution >= 4 is 15.7 Å². The van der Waals surface area contributed by atoms with Crippen molar-refractivity contribution in [3.8, 4) is 11.4 Å². The average molecular weight is 524 g/mol. The fourth-order valence-electron chi connectivity index (χ4n) is 4.17. The summed E-state index contributed by atoms with van der Waals surface area (Å²) < 4.78 is 53.2. The first kappa shape index (κ1) is 23.2. The quantitative estimate of drug-likeness (QED) is 0.310. The summed E-state index contributed by atoms with van der Waals surface area (Å²) in [5.41, 5.74) is 3.23. The number of nitrogens with one attached hydrogen (secondary N) is 1. The van der Waals surface area contributed by atoms with Crippen LogP contribution < -0.4 is 9.46 Å². The molecule has 0 spiro atoms. The number of nitrogens with zero attached hydrogens (tertiary/aromatic N) is 8. The Balaban J connectivity index is 1.20. The molecule has 0 aliphatic heterocycles. The fraction of sp³-hybridized carbons (Fsp3) is 0.261. The normalized spacial score (nSPS) is 13.9. The molecule has 0 bridgehead atoms. The van der Waals surface area contributed by atoms with Gasteiger partial charge >= 0.3 is 0 Å². The van der Waals surface area contributed by atoms with Crippen LogP contribution in [0.15, 0.2) is 60.5 Å². The number of hydrogen-bond acceptors (Lipinski definition) is 8. The Morgan fingerprint density at radius 1 is 1.11 bits per heavy atom. The molecule has 0 atom stereocenters. The maximum absolute atomic E-state index is 15.1. The summed E-state index contributed by atoms with van der Waals surface area (Å²) in [6, 6.07) is 7.10. The number of sulfonamides is 1. The summed E-state index contributed by atoms with van der Waals surface area (Å²) in [6.45, 7) is -0.118. The summed E-state index contributed by atoms with van der Waals surface area (Å²) in [5.74, 6) is -0.0885. The molecular weight excluding hydrogens is 501 g/mol. The van der Waals surface area contributed by atoms with E-state index in [9.17, 15) is 8.42 Å². The van der Waals surface area contributed by atoms with Gasteiger partial charge in [0.1, 0.15) is 18.3 Å². The first-order valence-corrected chi connectivity index (χ1v) is 13.0. The number of benzene rings is 1. The second-order valence-electron chi connectivity index (χ2n) is 8.76. The molecule has 0 amide bonds. The average Bonchev–Trinajstić information content (AvgIpc) is 3.24. The van der Waals surface area contributed by atoms with Gasteiger partial charge in [0.05, 0.1) is 31.2 Å². The minimum Gasteiger partial charge on any atom is -0.494 e. The molecule has 37 heavy (non-hydrogen) atoms. The molecule has 0 unspecified atom stereocenters. The monoisotopic (exact) mass is 523 g/mol. The zero-order valence-corrected chi connectivity index (χ0v) is 20.5. The number of pyridine rings is 1. The van der Waals surface area contributed by atoms with E-state index in [4.69, 9.17) is 4.74 Å². The Labute approximate surface area is 210 Å². The van der Waals surface area contributed by atoms with Crippen molar-refractivity contribution in [3.63, 3.8) is 0 Å². The molecule has 5 aromatic rings. The van der Waals surface area contributed by atoms with E-state index in [-0.39, 0.29) is 29.4 Å². The lowest BCUT2D eigenvalue weighted by molar-refractivity contribution is 0.383. The topological polar surface area (TPSA) is 134 Å². The van der Waals surface area contributed by atoms with Gasteiger partial charge in [-0.3, -0.25) is 4.57 Å². The van der Waals surface area contributed by atoms with E-state index in [2.05, 4.69) is 42.5 Å². The Morgan fingerprint density at radius 3 is 2.68 bits per heavy atom. The molecule has 190 valence electrons. The van der Waals surface area contributed by atoms with E-state index < -0.39 is 15.8 Å². The lowest BCUT2D eigenvalue weighted by Crippen LogP contribution is -2.25. The summed E-state index contributed by atoms with van der Waals surface area (Å²) in [5, 5.41) is 14.9. The molecule has 14 heteroatoms. The van der Waals surface area contributed by atoms with Crippen LogP contribution in [0.2, 0.25) is 0 Å². The molecule has 0 saturated heterocycles. The van der Waals surface area contributed by atoms with E-state index in [1.54, 1.807) is 6.07 Å². The van der Waals surface area contributed by atoms with Crippen LogP contribution in [0, 0.1) is 5.82 Å². The lowest BCUT2D eigenvalue weighted by Gasteiger charge is -2.14. The molecule has 6 rings (SSSR count). The second-order valence-corrected chi connectivity index (χ2v) is 10.5. The predicted molar refractivity (Wildman–Crippen MR) is 128 cm³/mol. The molecule has 1 aliphatic rings. The Morgan fingerprint density at radius 2 is 1.92 bits per heavy atom. The van der Waals surface area contributed by atoms with Crippen molar-refractivity contribution in [3.05, 3.63) is 78.1 Å². The maximum Gasteiger partial charge on any atom is 0.261 e. The Hall–Kier alpha value is -4.17. The van der Waals surface area contributed by atoms with E-state index in [1.165, 1.54) is 59.7 Å². The van der Waals surface area contributed by atoms with Gasteiger partial charge in [-0.15, -0.1) is 15.3 Å². The van der Waals surface area contributed by atoms with Gasteiger partial charge in [-0.2, -0.15) is 0 Å². The second kappa shape index (κ2) is 9.05. The molecule has 1 N–H and O–H groups in total. The summed E-state index contributed by atoms with van der Waals surface area (Å²) in [7, 11) is -2.77. The zero-order chi connectivity index (χ0) is 25.6. The molecule has 1 fully saturated rings. The smallest absolute Gasteiger partial charge is 0.261 e. The van der Waals surface area contributed by atoms with Gasteiger partial charge in [-0.25, -0.2) is 27.2 Å². The highest BCUT2D eigenvalue weighted by Gasteiger charge is 2.24. The van der Waals surface area contributed by atoms with Crippen LogP contribution in [-0.2, 0) is 23.1 Å². The predicted octanol–water partition coefficient (Wildman–Crippen LogP) is 2.06. The van der Waals surface area contributed by atoms with Gasteiger partial charge in [0, 0.05) is 24.5 Å². The third kappa shape index (κ3) is 4.56. The van der Waals surface area contributed by atoms with E-state index in [0.717, 1.165) is 5.65 Å². The molecule has 0 radical (unpaired) electrons. The number of halogens is 1. The van der Waals surface area contributed by atoms with Gasteiger partial charge in [0.25, 0.3) is 10.0 Å². The van der Waals surface area contributed by atoms with E-state index in [1.807, 2.05) is 16.7 Å². The number of aromatic nitrogens is 8. The highest BCUT2D eigenvalue weighted by Crippen LogP contribution is 2.39. The van der Waals surface area contributed by atoms with Crippen LogP contribution in [0.5, 0.6) is 5.75 Å². The Bertz CT molecular complexity index is 1690. The van der Waals surface area contributed by atoms with Crippen molar-refractivity contribution < 1.29 is 17.5 Å². The van der Waals surface area contributed by atoms with E-state index >= 15 is 4.39 Å². The van der Waals surface area contributed by atoms with Crippen molar-refractivity contribution in [2.45, 2.75) is 36.9 Å².